The smallest absolute Gasteiger partial charge is 0.157 e. The Kier molecular flexibility index (Phi) is 3.10. The summed E-state index contributed by atoms with van der Waals surface area (Å²) in [4.78, 5) is 4.70. The summed E-state index contributed by atoms with van der Waals surface area (Å²) in [5.74, 6) is 1.15. The number of nitrogens with one attached hydrogen (secondary N) is 1. The molecule has 17 heavy (non-hydrogen) atoms. The molecular formula is C14H18N2S. The van der Waals surface area contributed by atoms with Crippen molar-refractivity contribution in [1.82, 2.24) is 5.32 Å². The van der Waals surface area contributed by atoms with Crippen LogP contribution >= 0.6 is 11.8 Å². The highest BCUT2D eigenvalue weighted by Crippen LogP contribution is 2.24. The Morgan fingerprint density at radius 2 is 2.00 bits per heavy atom. The molecular weight excluding hydrogens is 228 g/mol. The first kappa shape index (κ1) is 11.1. The highest BCUT2D eigenvalue weighted by molar-refractivity contribution is 8.14. The topological polar surface area (TPSA) is 24.4 Å². The Hall–Kier alpha value is -0.960. The number of benzene rings is 1. The van der Waals surface area contributed by atoms with Crippen molar-refractivity contribution < 1.29 is 0 Å². The summed E-state index contributed by atoms with van der Waals surface area (Å²) in [7, 11) is 0. The van der Waals surface area contributed by atoms with Crippen LogP contribution in [0.5, 0.6) is 0 Å². The molecule has 0 fully saturated rings. The highest BCUT2D eigenvalue weighted by Gasteiger charge is 2.24. The molecule has 0 spiro atoms. The molecule has 90 valence electrons. The maximum Gasteiger partial charge on any atom is 0.157 e. The van der Waals surface area contributed by atoms with Gasteiger partial charge in [0.05, 0.1) is 6.04 Å². The second-order valence-electron chi connectivity index (χ2n) is 4.83. The van der Waals surface area contributed by atoms with Crippen LogP contribution in [0, 0.1) is 0 Å². The lowest BCUT2D eigenvalue weighted by Gasteiger charge is -2.12. The Morgan fingerprint density at radius 1 is 1.29 bits per heavy atom. The van der Waals surface area contributed by atoms with Crippen LogP contribution in [-0.2, 0) is 12.8 Å². The van der Waals surface area contributed by atoms with Gasteiger partial charge in [0.1, 0.15) is 0 Å². The van der Waals surface area contributed by atoms with Crippen molar-refractivity contribution >= 4 is 16.9 Å². The second kappa shape index (κ2) is 4.73. The van der Waals surface area contributed by atoms with Crippen LogP contribution < -0.4 is 5.32 Å². The Balaban J connectivity index is 1.63. The van der Waals surface area contributed by atoms with Gasteiger partial charge in [0, 0.05) is 11.8 Å². The molecule has 1 N–H and O–H groups in total. The van der Waals surface area contributed by atoms with Crippen molar-refractivity contribution in [2.24, 2.45) is 4.99 Å². The van der Waals surface area contributed by atoms with E-state index in [1.54, 1.807) is 0 Å². The molecule has 0 aromatic heterocycles. The maximum absolute atomic E-state index is 4.70. The van der Waals surface area contributed by atoms with Crippen molar-refractivity contribution in [2.45, 2.75) is 38.3 Å². The maximum atomic E-state index is 4.70. The highest BCUT2D eigenvalue weighted by atomic mass is 32.2. The van der Waals surface area contributed by atoms with Gasteiger partial charge < -0.3 is 5.32 Å². The van der Waals surface area contributed by atoms with Gasteiger partial charge >= 0.3 is 0 Å². The number of nitrogens with zero attached hydrogens (tertiary/aromatic N) is 1. The third kappa shape index (κ3) is 2.34. The molecule has 1 aromatic rings. The Labute approximate surface area is 107 Å². The molecule has 2 nitrogen and oxygen atoms in total. The molecule has 0 bridgehead atoms. The number of hydrogen-bond donors (Lipinski definition) is 1. The van der Waals surface area contributed by atoms with E-state index in [1.807, 2.05) is 11.8 Å². The molecule has 0 saturated carbocycles. The van der Waals surface area contributed by atoms with Crippen LogP contribution in [0.4, 0.5) is 0 Å². The predicted molar refractivity (Wildman–Crippen MR) is 74.7 cm³/mol. The van der Waals surface area contributed by atoms with Crippen LogP contribution in [-0.4, -0.2) is 23.0 Å². The van der Waals surface area contributed by atoms with Gasteiger partial charge in [0.15, 0.2) is 5.17 Å². The third-order valence-electron chi connectivity index (χ3n) is 3.56. The zero-order valence-electron chi connectivity index (χ0n) is 10.1. The van der Waals surface area contributed by atoms with E-state index in [-0.39, 0.29) is 0 Å². The molecule has 3 rings (SSSR count). The van der Waals surface area contributed by atoms with Gasteiger partial charge in [-0.1, -0.05) is 43.0 Å². The fourth-order valence-electron chi connectivity index (χ4n) is 2.54. The van der Waals surface area contributed by atoms with Crippen LogP contribution in [0.3, 0.4) is 0 Å². The minimum atomic E-state index is 0.534. The molecule has 1 heterocycles. The quantitative estimate of drug-likeness (QED) is 0.867. The van der Waals surface area contributed by atoms with E-state index >= 15 is 0 Å². The van der Waals surface area contributed by atoms with Gasteiger partial charge in [-0.3, -0.25) is 4.99 Å². The largest absolute Gasteiger partial charge is 0.362 e. The number of rotatable bonds is 2. The van der Waals surface area contributed by atoms with Gasteiger partial charge in [-0.15, -0.1) is 0 Å². The summed E-state index contributed by atoms with van der Waals surface area (Å²) in [6, 6.07) is 9.84. The average Bonchev–Trinajstić information content (AvgIpc) is 2.94. The third-order valence-corrected chi connectivity index (χ3v) is 4.61. The number of aliphatic imine (C=N–C) groups is 1. The van der Waals surface area contributed by atoms with E-state index in [4.69, 9.17) is 4.99 Å². The molecule has 1 unspecified atom stereocenters. The predicted octanol–water partition coefficient (Wildman–Crippen LogP) is 2.62. The first-order chi connectivity index (χ1) is 8.35. The van der Waals surface area contributed by atoms with Crippen molar-refractivity contribution in [2.75, 3.05) is 5.75 Å². The SMILES string of the molecule is CCC1CSC(NC2Cc3ccccc3C2)=N1. The fraction of sp³-hybridized carbons (Fsp3) is 0.500. The zero-order valence-corrected chi connectivity index (χ0v) is 11.0. The second-order valence-corrected chi connectivity index (χ2v) is 5.83. The standard InChI is InChI=1S/C14H18N2S/c1-2-12-9-17-14(15-12)16-13-7-10-5-3-4-6-11(10)8-13/h3-6,12-13H,2,7-9H2,1H3,(H,15,16). The van der Waals surface area contributed by atoms with Crippen LogP contribution in [0.2, 0.25) is 0 Å². The van der Waals surface area contributed by atoms with Crippen molar-refractivity contribution in [1.29, 1.82) is 0 Å². The van der Waals surface area contributed by atoms with E-state index in [9.17, 15) is 0 Å². The van der Waals surface area contributed by atoms with Crippen molar-refractivity contribution in [3.63, 3.8) is 0 Å². The van der Waals surface area contributed by atoms with Gasteiger partial charge in [-0.2, -0.15) is 0 Å². The Morgan fingerprint density at radius 3 is 2.59 bits per heavy atom. The van der Waals surface area contributed by atoms with Crippen molar-refractivity contribution in [3.8, 4) is 0 Å². The van der Waals surface area contributed by atoms with E-state index in [0.29, 0.717) is 12.1 Å². The molecule has 0 amide bonds. The lowest BCUT2D eigenvalue weighted by atomic mass is 10.1. The average molecular weight is 246 g/mol. The molecule has 1 aromatic carbocycles. The summed E-state index contributed by atoms with van der Waals surface area (Å²) in [6.07, 6.45) is 3.45. The lowest BCUT2D eigenvalue weighted by molar-refractivity contribution is 0.643. The van der Waals surface area contributed by atoms with Crippen molar-refractivity contribution in [3.05, 3.63) is 35.4 Å². The summed E-state index contributed by atoms with van der Waals surface area (Å²) >= 11 is 1.88. The molecule has 1 aliphatic heterocycles. The molecule has 2 aliphatic rings. The number of hydrogen-bond acceptors (Lipinski definition) is 3. The molecule has 0 radical (unpaired) electrons. The first-order valence-electron chi connectivity index (χ1n) is 6.39. The minimum Gasteiger partial charge on any atom is -0.362 e. The van der Waals surface area contributed by atoms with Gasteiger partial charge in [0.25, 0.3) is 0 Å². The Bertz CT molecular complexity index is 417. The minimum absolute atomic E-state index is 0.534. The van der Waals surface area contributed by atoms with Crippen LogP contribution in [0.25, 0.3) is 0 Å². The van der Waals surface area contributed by atoms with Crippen LogP contribution in [0.15, 0.2) is 29.3 Å². The van der Waals surface area contributed by atoms with Crippen LogP contribution in [0.1, 0.15) is 24.5 Å². The van der Waals surface area contributed by atoms with Gasteiger partial charge in [0.2, 0.25) is 0 Å². The molecule has 1 aliphatic carbocycles. The molecule has 3 heteroatoms. The number of amidine groups is 1. The van der Waals surface area contributed by atoms with Gasteiger partial charge in [-0.05, 0) is 30.4 Å². The van der Waals surface area contributed by atoms with E-state index in [2.05, 4.69) is 36.5 Å². The summed E-state index contributed by atoms with van der Waals surface area (Å²) in [5, 5.41) is 4.76. The monoisotopic (exact) mass is 246 g/mol. The van der Waals surface area contributed by atoms with Gasteiger partial charge in [-0.25, -0.2) is 0 Å². The number of fused-ring (bicyclic) bond motifs is 1. The summed E-state index contributed by atoms with van der Waals surface area (Å²) in [5.41, 5.74) is 3.00. The van der Waals surface area contributed by atoms with E-state index < -0.39 is 0 Å². The molecule has 0 saturated heterocycles. The normalized spacial score (nSPS) is 23.6. The summed E-state index contributed by atoms with van der Waals surface area (Å²) < 4.78 is 0. The first-order valence-corrected chi connectivity index (χ1v) is 7.37. The lowest BCUT2D eigenvalue weighted by Crippen LogP contribution is -2.32. The van der Waals surface area contributed by atoms with E-state index in [0.717, 1.165) is 30.2 Å². The zero-order chi connectivity index (χ0) is 11.7. The summed E-state index contributed by atoms with van der Waals surface area (Å²) in [6.45, 7) is 2.21. The molecule has 1 atom stereocenters. The fourth-order valence-corrected chi connectivity index (χ4v) is 3.67. The van der Waals surface area contributed by atoms with E-state index in [1.165, 1.54) is 11.1 Å². The number of thioether (sulfide) groups is 1.